The first kappa shape index (κ1) is 79.8. The highest BCUT2D eigenvalue weighted by Crippen LogP contribution is 2.51. The second kappa shape index (κ2) is 34.1. The summed E-state index contributed by atoms with van der Waals surface area (Å²) in [5.74, 6) is 0. The maximum absolute atomic E-state index is 2.38. The molecule has 0 aliphatic rings. The third-order valence-electron chi connectivity index (χ3n) is 25.6. The summed E-state index contributed by atoms with van der Waals surface area (Å²) in [4.78, 5) is 0. The minimum absolute atomic E-state index is 1.25. The fourth-order valence-electron chi connectivity index (χ4n) is 19.8. The summed E-state index contributed by atoms with van der Waals surface area (Å²) in [5, 5.41) is 21.1. The number of fused-ring (bicyclic) bond motifs is 8. The Labute approximate surface area is 725 Å². The van der Waals surface area contributed by atoms with Gasteiger partial charge in [-0.25, -0.2) is 0 Å². The first-order chi connectivity index (χ1) is 60.0. The zero-order valence-corrected chi connectivity index (χ0v) is 72.9. The SMILES string of the molecule is Cc1cc(-c2ccccc2)c(-c2c(-c3ccccc3)cc(C)c3ccccc23)c2ccccc12.Cc1cc(C)c2ccccc2c1-c1c(-c2ccccc2)cc(C)c2ccccc12.Cc1cc(C)c2ccccc2c1-c1c(C)cc(C)c2ccccc12.Cc1ccc(-c2cc(C)c(-c3c(C)cc(-c4ccc(C)cc4)c4ccccc34)c3ccccc23)cc1. The highest BCUT2D eigenvalue weighted by molar-refractivity contribution is 6.19. The van der Waals surface area contributed by atoms with Crippen molar-refractivity contribution in [3.63, 3.8) is 0 Å². The van der Waals surface area contributed by atoms with Crippen molar-refractivity contribution in [2.45, 2.75) is 90.0 Å². The molecular formula is C123H102. The largest absolute Gasteiger partial charge is 0.0622 e. The lowest BCUT2D eigenvalue weighted by Crippen LogP contribution is -1.96. The molecule has 0 fully saturated rings. The number of hydrogen-bond donors (Lipinski definition) is 0. The van der Waals surface area contributed by atoms with E-state index in [1.165, 1.54) is 259 Å². The standard InChI is InChI=1S/C36H30.C34H26.C29H24.C24H22/c1-23-13-17-27(18-14-23)33-21-25(3)35(31-11-7-5-9-29(31)33)36-26(4)22-34(28-19-15-24(2)16-20-28)30-10-6-8-12-32(30)36;1-23-21-31(25-13-5-3-6-14-25)33(29-19-11-9-17-27(23)29)34-30-20-12-10-18-28(30)24(2)22-32(34)26-15-7-4-8-16-26;1-19-17-21(3)28(25-15-9-7-13-23(19)25)29-26-16-10-8-14-24(26)20(2)18-27(29)22-11-5-4-6-12-22;1-15-13-17(3)23(21-11-7-5-9-19(15)21)24-18(4)14-16(2)20-10-6-8-12-22(20)24/h5-22H,1-4H3;3-22H,1-2H3;4-18H,1-3H3;5-14H,1-4H3. The molecule has 21 rings (SSSR count). The average molecular weight is 1580 g/mol. The van der Waals surface area contributed by atoms with Crippen LogP contribution < -0.4 is 0 Å². The smallest absolute Gasteiger partial charge is 0.00141 e. The van der Waals surface area contributed by atoms with Gasteiger partial charge >= 0.3 is 0 Å². The van der Waals surface area contributed by atoms with Crippen molar-refractivity contribution >= 4 is 86.2 Å². The molecular weight excluding hydrogens is 1480 g/mol. The molecule has 0 spiro atoms. The summed E-state index contributed by atoms with van der Waals surface area (Å²) in [6, 6.07) is 140. The first-order valence-electron chi connectivity index (χ1n) is 43.4. The molecule has 0 unspecified atom stereocenters. The Morgan fingerprint density at radius 2 is 0.260 bits per heavy atom. The maximum atomic E-state index is 2.38. The number of hydrogen-bond acceptors (Lipinski definition) is 0. The van der Waals surface area contributed by atoms with Crippen molar-refractivity contribution < 1.29 is 0 Å². The van der Waals surface area contributed by atoms with Gasteiger partial charge in [-0.05, 0) is 338 Å². The van der Waals surface area contributed by atoms with Gasteiger partial charge in [0.1, 0.15) is 0 Å². The molecule has 0 aliphatic carbocycles. The summed E-state index contributed by atoms with van der Waals surface area (Å²) in [7, 11) is 0. The second-order valence-electron chi connectivity index (χ2n) is 33.9. The monoisotopic (exact) mass is 1580 g/mol. The number of aryl methyl sites for hydroxylation is 13. The van der Waals surface area contributed by atoms with Crippen LogP contribution in [0.4, 0.5) is 0 Å². The highest BCUT2D eigenvalue weighted by atomic mass is 14.3. The summed E-state index contributed by atoms with van der Waals surface area (Å²) in [5.41, 5.74) is 40.6. The van der Waals surface area contributed by atoms with E-state index in [0.717, 1.165) is 0 Å². The molecule has 0 bridgehead atoms. The van der Waals surface area contributed by atoms with Gasteiger partial charge in [-0.1, -0.05) is 393 Å². The van der Waals surface area contributed by atoms with Crippen molar-refractivity contribution in [1.82, 2.24) is 0 Å². The molecule has 0 N–H and O–H groups in total. The van der Waals surface area contributed by atoms with E-state index in [9.17, 15) is 0 Å². The van der Waals surface area contributed by atoms with Gasteiger partial charge in [-0.2, -0.15) is 0 Å². The predicted octanol–water partition coefficient (Wildman–Crippen LogP) is 35.0. The third-order valence-corrected chi connectivity index (χ3v) is 25.6. The third kappa shape index (κ3) is 15.2. The fourth-order valence-corrected chi connectivity index (χ4v) is 19.8. The quantitative estimate of drug-likeness (QED) is 0.135. The predicted molar refractivity (Wildman–Crippen MR) is 536 cm³/mol. The lowest BCUT2D eigenvalue weighted by molar-refractivity contribution is 1.39. The van der Waals surface area contributed by atoms with Crippen LogP contribution in [-0.2, 0) is 0 Å². The van der Waals surface area contributed by atoms with Crippen molar-refractivity contribution in [1.29, 1.82) is 0 Å². The molecule has 0 aromatic heterocycles. The first-order valence-corrected chi connectivity index (χ1v) is 43.4. The minimum Gasteiger partial charge on any atom is -0.0622 e. The van der Waals surface area contributed by atoms with Gasteiger partial charge < -0.3 is 0 Å². The van der Waals surface area contributed by atoms with Crippen molar-refractivity contribution in [2.24, 2.45) is 0 Å². The Hall–Kier alpha value is -14.3. The molecule has 594 valence electrons. The fraction of sp³-hybridized carbons (Fsp3) is 0.106. The van der Waals surface area contributed by atoms with Crippen molar-refractivity contribution in [3.8, 4) is 100 Å². The molecule has 0 radical (unpaired) electrons. The van der Waals surface area contributed by atoms with E-state index in [0.29, 0.717) is 0 Å². The zero-order valence-electron chi connectivity index (χ0n) is 72.9. The van der Waals surface area contributed by atoms with Crippen LogP contribution in [0.15, 0.2) is 382 Å². The van der Waals surface area contributed by atoms with E-state index >= 15 is 0 Å². The topological polar surface area (TPSA) is 0 Å². The molecule has 0 nitrogen and oxygen atoms in total. The molecule has 0 saturated heterocycles. The van der Waals surface area contributed by atoms with Crippen LogP contribution in [0.5, 0.6) is 0 Å². The Bertz CT molecular complexity index is 7280. The maximum Gasteiger partial charge on any atom is -0.00141 e. The van der Waals surface area contributed by atoms with Crippen molar-refractivity contribution in [3.05, 3.63) is 455 Å². The molecule has 0 heterocycles. The van der Waals surface area contributed by atoms with Crippen LogP contribution in [-0.4, -0.2) is 0 Å². The lowest BCUT2D eigenvalue weighted by Gasteiger charge is -2.22. The van der Waals surface area contributed by atoms with Crippen LogP contribution in [0.2, 0.25) is 0 Å². The number of benzene rings is 21. The van der Waals surface area contributed by atoms with E-state index in [4.69, 9.17) is 0 Å². The molecule has 0 saturated carbocycles. The molecule has 0 aliphatic heterocycles. The number of rotatable bonds is 9. The second-order valence-corrected chi connectivity index (χ2v) is 33.9. The molecule has 0 amide bonds. The molecule has 0 atom stereocenters. The zero-order chi connectivity index (χ0) is 84.7. The van der Waals surface area contributed by atoms with Crippen LogP contribution in [0.25, 0.3) is 186 Å². The van der Waals surface area contributed by atoms with E-state index in [1.807, 2.05) is 0 Å². The van der Waals surface area contributed by atoms with Crippen LogP contribution >= 0.6 is 0 Å². The van der Waals surface area contributed by atoms with E-state index < -0.39 is 0 Å². The van der Waals surface area contributed by atoms with Crippen LogP contribution in [0.1, 0.15) is 72.3 Å². The Balaban J connectivity index is 0.000000113. The van der Waals surface area contributed by atoms with Gasteiger partial charge in [0.2, 0.25) is 0 Å². The summed E-state index contributed by atoms with van der Waals surface area (Å²) in [6.45, 7) is 28.8. The van der Waals surface area contributed by atoms with Gasteiger partial charge in [0, 0.05) is 0 Å². The molecule has 123 heavy (non-hydrogen) atoms. The van der Waals surface area contributed by atoms with Gasteiger partial charge in [0.25, 0.3) is 0 Å². The van der Waals surface area contributed by atoms with Crippen LogP contribution in [0.3, 0.4) is 0 Å². The summed E-state index contributed by atoms with van der Waals surface area (Å²) in [6.07, 6.45) is 0. The van der Waals surface area contributed by atoms with E-state index in [-0.39, 0.29) is 0 Å². The van der Waals surface area contributed by atoms with Gasteiger partial charge in [-0.3, -0.25) is 0 Å². The lowest BCUT2D eigenvalue weighted by atomic mass is 9.81. The minimum atomic E-state index is 1.25. The highest BCUT2D eigenvalue weighted by Gasteiger charge is 2.25. The average Bonchev–Trinajstić information content (AvgIpc) is 0.756. The Kier molecular flexibility index (Phi) is 22.1. The van der Waals surface area contributed by atoms with Crippen LogP contribution in [0, 0.1) is 90.0 Å². The Morgan fingerprint density at radius 1 is 0.106 bits per heavy atom. The summed E-state index contributed by atoms with van der Waals surface area (Å²) < 4.78 is 0. The van der Waals surface area contributed by atoms with Crippen molar-refractivity contribution in [2.75, 3.05) is 0 Å². The van der Waals surface area contributed by atoms with E-state index in [1.54, 1.807) is 0 Å². The molecule has 0 heteroatoms. The van der Waals surface area contributed by atoms with Gasteiger partial charge in [0.15, 0.2) is 0 Å². The Morgan fingerprint density at radius 3 is 0.504 bits per heavy atom. The molecule has 21 aromatic carbocycles. The normalized spacial score (nSPS) is 11.3. The van der Waals surface area contributed by atoms with E-state index in [2.05, 4.69) is 472 Å². The van der Waals surface area contributed by atoms with Gasteiger partial charge in [-0.15, -0.1) is 0 Å². The molecule has 21 aromatic rings. The van der Waals surface area contributed by atoms with Gasteiger partial charge in [0.05, 0.1) is 0 Å². The summed E-state index contributed by atoms with van der Waals surface area (Å²) >= 11 is 0.